The molecule has 2 nitrogen and oxygen atoms in total. The third-order valence-electron chi connectivity index (χ3n) is 4.06. The van der Waals surface area contributed by atoms with Gasteiger partial charge >= 0.3 is 0 Å². The Morgan fingerprint density at radius 3 is 2.85 bits per heavy atom. The molecule has 1 saturated carbocycles. The summed E-state index contributed by atoms with van der Waals surface area (Å²) in [4.78, 5) is 4.88. The second-order valence-electron chi connectivity index (χ2n) is 5.64. The molecule has 3 heteroatoms. The van der Waals surface area contributed by atoms with E-state index in [4.69, 9.17) is 4.98 Å². The van der Waals surface area contributed by atoms with Gasteiger partial charge in [0.05, 0.1) is 5.52 Å². The van der Waals surface area contributed by atoms with Crippen LogP contribution in [0.4, 0.5) is 0 Å². The summed E-state index contributed by atoms with van der Waals surface area (Å²) in [6, 6.07) is 10.7. The third kappa shape index (κ3) is 3.15. The fourth-order valence-corrected chi connectivity index (χ4v) is 4.16. The number of hydrogen-bond donors (Lipinski definition) is 1. The lowest BCUT2D eigenvalue weighted by Crippen LogP contribution is -2.08. The zero-order valence-electron chi connectivity index (χ0n) is 12.1. The highest BCUT2D eigenvalue weighted by Gasteiger charge is 2.16. The van der Waals surface area contributed by atoms with Gasteiger partial charge in [-0.3, -0.25) is 0 Å². The quantitative estimate of drug-likeness (QED) is 0.832. The minimum absolute atomic E-state index is 0.894. The van der Waals surface area contributed by atoms with Gasteiger partial charge in [-0.1, -0.05) is 31.0 Å². The average Bonchev–Trinajstić information content (AvgIpc) is 2.98. The molecular weight excluding hydrogens is 264 g/mol. The number of hydrogen-bond acceptors (Lipinski definition) is 3. The van der Waals surface area contributed by atoms with Gasteiger partial charge in [-0.15, -0.1) is 11.8 Å². The molecule has 20 heavy (non-hydrogen) atoms. The molecule has 106 valence electrons. The Hall–Kier alpha value is -1.06. The van der Waals surface area contributed by atoms with Crippen molar-refractivity contribution in [2.45, 2.75) is 37.3 Å². The zero-order valence-corrected chi connectivity index (χ0v) is 12.9. The summed E-state index contributed by atoms with van der Waals surface area (Å²) in [6.07, 6.45) is 5.64. The van der Waals surface area contributed by atoms with Crippen molar-refractivity contribution in [2.24, 2.45) is 5.92 Å². The molecule has 1 aromatic heterocycles. The van der Waals surface area contributed by atoms with Crippen molar-refractivity contribution < 1.29 is 0 Å². The van der Waals surface area contributed by atoms with E-state index in [1.807, 2.05) is 18.8 Å². The smallest absolute Gasteiger partial charge is 0.101 e. The highest BCUT2D eigenvalue weighted by Crippen LogP contribution is 2.32. The lowest BCUT2D eigenvalue weighted by atomic mass is 10.1. The first kappa shape index (κ1) is 13.9. The Bertz CT molecular complexity index is 576. The maximum Gasteiger partial charge on any atom is 0.101 e. The first-order valence-corrected chi connectivity index (χ1v) is 8.51. The van der Waals surface area contributed by atoms with E-state index in [0.717, 1.165) is 18.0 Å². The topological polar surface area (TPSA) is 24.9 Å². The Morgan fingerprint density at radius 2 is 2.05 bits per heavy atom. The number of aromatic nitrogens is 1. The lowest BCUT2D eigenvalue weighted by Gasteiger charge is -2.12. The SMILES string of the molecule is CNCc1cc2ccccc2nc1SCC1CCCC1. The normalized spacial score (nSPS) is 16.1. The Kier molecular flexibility index (Phi) is 4.58. The molecule has 1 N–H and O–H groups in total. The van der Waals surface area contributed by atoms with Crippen molar-refractivity contribution in [2.75, 3.05) is 12.8 Å². The molecule has 1 aliphatic carbocycles. The molecular formula is C17H22N2S. The minimum atomic E-state index is 0.894. The van der Waals surface area contributed by atoms with E-state index in [1.165, 1.54) is 47.4 Å². The molecule has 1 aromatic carbocycles. The molecule has 3 rings (SSSR count). The summed E-state index contributed by atoms with van der Waals surface area (Å²) in [7, 11) is 2.00. The summed E-state index contributed by atoms with van der Waals surface area (Å²) in [6.45, 7) is 0.894. The number of nitrogens with one attached hydrogen (secondary N) is 1. The van der Waals surface area contributed by atoms with E-state index in [0.29, 0.717) is 0 Å². The largest absolute Gasteiger partial charge is 0.316 e. The molecule has 2 aromatic rings. The second-order valence-corrected chi connectivity index (χ2v) is 6.65. The first-order valence-electron chi connectivity index (χ1n) is 7.53. The zero-order chi connectivity index (χ0) is 13.8. The highest BCUT2D eigenvalue weighted by atomic mass is 32.2. The van der Waals surface area contributed by atoms with E-state index in [2.05, 4.69) is 35.6 Å². The monoisotopic (exact) mass is 286 g/mol. The van der Waals surface area contributed by atoms with Crippen LogP contribution in [-0.4, -0.2) is 17.8 Å². The first-order chi connectivity index (χ1) is 9.86. The van der Waals surface area contributed by atoms with Gasteiger partial charge < -0.3 is 5.32 Å². The molecule has 0 amide bonds. The van der Waals surface area contributed by atoms with Gasteiger partial charge in [0.25, 0.3) is 0 Å². The fraction of sp³-hybridized carbons (Fsp3) is 0.471. The van der Waals surface area contributed by atoms with Crippen LogP contribution in [0.3, 0.4) is 0 Å². The molecule has 1 fully saturated rings. The van der Waals surface area contributed by atoms with Gasteiger partial charge in [0, 0.05) is 17.7 Å². The number of para-hydroxylation sites is 1. The number of benzene rings is 1. The predicted molar refractivity (Wildman–Crippen MR) is 87.2 cm³/mol. The van der Waals surface area contributed by atoms with Crippen molar-refractivity contribution in [3.63, 3.8) is 0 Å². The van der Waals surface area contributed by atoms with Gasteiger partial charge in [-0.05, 0) is 43.5 Å². The van der Waals surface area contributed by atoms with Crippen LogP contribution >= 0.6 is 11.8 Å². The minimum Gasteiger partial charge on any atom is -0.316 e. The summed E-state index contributed by atoms with van der Waals surface area (Å²) in [5, 5.41) is 5.72. The Morgan fingerprint density at radius 1 is 1.25 bits per heavy atom. The predicted octanol–water partition coefficient (Wildman–Crippen LogP) is 4.24. The molecule has 0 aliphatic heterocycles. The Balaban J connectivity index is 1.84. The maximum atomic E-state index is 4.88. The van der Waals surface area contributed by atoms with E-state index in [-0.39, 0.29) is 0 Å². The van der Waals surface area contributed by atoms with Crippen molar-refractivity contribution in [3.8, 4) is 0 Å². The number of pyridine rings is 1. The number of rotatable bonds is 5. The standard InChI is InChI=1S/C17H22N2S/c1-18-11-15-10-14-8-4-5-9-16(14)19-17(15)20-12-13-6-2-3-7-13/h4-5,8-10,13,18H,2-3,6-7,11-12H2,1H3. The van der Waals surface area contributed by atoms with Crippen molar-refractivity contribution in [1.82, 2.24) is 10.3 Å². The summed E-state index contributed by atoms with van der Waals surface area (Å²) in [5.74, 6) is 2.12. The average molecular weight is 286 g/mol. The van der Waals surface area contributed by atoms with Crippen LogP contribution in [0.15, 0.2) is 35.4 Å². The fourth-order valence-electron chi connectivity index (χ4n) is 2.96. The molecule has 0 radical (unpaired) electrons. The van der Waals surface area contributed by atoms with Crippen LogP contribution in [0.2, 0.25) is 0 Å². The Labute approximate surface area is 125 Å². The van der Waals surface area contributed by atoms with Crippen molar-refractivity contribution >= 4 is 22.7 Å². The van der Waals surface area contributed by atoms with Gasteiger partial charge in [0.15, 0.2) is 0 Å². The van der Waals surface area contributed by atoms with Crippen LogP contribution in [0.1, 0.15) is 31.2 Å². The lowest BCUT2D eigenvalue weighted by molar-refractivity contribution is 0.622. The highest BCUT2D eigenvalue weighted by molar-refractivity contribution is 7.99. The van der Waals surface area contributed by atoms with E-state index in [9.17, 15) is 0 Å². The van der Waals surface area contributed by atoms with E-state index >= 15 is 0 Å². The van der Waals surface area contributed by atoms with Crippen molar-refractivity contribution in [3.05, 3.63) is 35.9 Å². The molecule has 0 spiro atoms. The maximum absolute atomic E-state index is 4.88. The third-order valence-corrected chi connectivity index (χ3v) is 5.33. The summed E-state index contributed by atoms with van der Waals surface area (Å²) >= 11 is 1.95. The molecule has 1 heterocycles. The number of nitrogens with zero attached hydrogens (tertiary/aromatic N) is 1. The van der Waals surface area contributed by atoms with E-state index in [1.54, 1.807) is 0 Å². The number of fused-ring (bicyclic) bond motifs is 1. The van der Waals surface area contributed by atoms with Crippen molar-refractivity contribution in [1.29, 1.82) is 0 Å². The van der Waals surface area contributed by atoms with Gasteiger partial charge in [0.2, 0.25) is 0 Å². The number of thioether (sulfide) groups is 1. The van der Waals surface area contributed by atoms with E-state index < -0.39 is 0 Å². The molecule has 1 aliphatic rings. The summed E-state index contributed by atoms with van der Waals surface area (Å²) < 4.78 is 0. The van der Waals surface area contributed by atoms with Crippen LogP contribution in [0.5, 0.6) is 0 Å². The molecule has 0 saturated heterocycles. The van der Waals surface area contributed by atoms with Gasteiger partial charge in [-0.25, -0.2) is 4.98 Å². The van der Waals surface area contributed by atoms with Gasteiger partial charge in [0.1, 0.15) is 5.03 Å². The molecule has 0 atom stereocenters. The van der Waals surface area contributed by atoms with Crippen LogP contribution < -0.4 is 5.32 Å². The molecule has 0 bridgehead atoms. The summed E-state index contributed by atoms with van der Waals surface area (Å²) in [5.41, 5.74) is 2.44. The van der Waals surface area contributed by atoms with Crippen LogP contribution in [0.25, 0.3) is 10.9 Å². The second kappa shape index (κ2) is 6.59. The van der Waals surface area contributed by atoms with Gasteiger partial charge in [-0.2, -0.15) is 0 Å². The van der Waals surface area contributed by atoms with Crippen LogP contribution in [-0.2, 0) is 6.54 Å². The molecule has 0 unspecified atom stereocenters. The van der Waals surface area contributed by atoms with Crippen LogP contribution in [0, 0.1) is 5.92 Å².